The first-order valence-corrected chi connectivity index (χ1v) is 5.68. The maximum Gasteiger partial charge on any atom is 0.286 e. The Hall–Kier alpha value is -1.78. The minimum Gasteiger partial charge on any atom is -0.459 e. The van der Waals surface area contributed by atoms with E-state index in [-0.39, 0.29) is 24.0 Å². The molecule has 0 saturated carbocycles. The molecule has 0 fully saturated rings. The zero-order valence-electron chi connectivity index (χ0n) is 10.2. The molecule has 1 aromatic heterocycles. The number of hydrogen-bond acceptors (Lipinski definition) is 3. The van der Waals surface area contributed by atoms with Gasteiger partial charge < -0.3 is 15.1 Å². The summed E-state index contributed by atoms with van der Waals surface area (Å²) in [6.45, 7) is 5.02. The van der Waals surface area contributed by atoms with Gasteiger partial charge >= 0.3 is 0 Å². The highest BCUT2D eigenvalue weighted by Crippen LogP contribution is 1.98. The van der Waals surface area contributed by atoms with Crippen molar-refractivity contribution in [2.75, 3.05) is 13.1 Å². The van der Waals surface area contributed by atoms with Gasteiger partial charge in [-0.15, -0.1) is 0 Å². The maximum atomic E-state index is 11.4. The molecule has 0 aliphatic rings. The minimum absolute atomic E-state index is 0.0570. The second kappa shape index (κ2) is 6.73. The van der Waals surface area contributed by atoms with Crippen LogP contribution in [-0.2, 0) is 4.79 Å². The van der Waals surface area contributed by atoms with E-state index in [4.69, 9.17) is 4.42 Å². The number of amides is 2. The molecular weight excluding hydrogens is 220 g/mol. The van der Waals surface area contributed by atoms with Gasteiger partial charge in [0.1, 0.15) is 0 Å². The van der Waals surface area contributed by atoms with Crippen LogP contribution in [0.15, 0.2) is 22.8 Å². The molecule has 17 heavy (non-hydrogen) atoms. The molecule has 5 heteroatoms. The summed E-state index contributed by atoms with van der Waals surface area (Å²) in [6.07, 6.45) is 1.71. The Morgan fingerprint density at radius 3 is 2.71 bits per heavy atom. The number of furan rings is 1. The van der Waals surface area contributed by atoms with E-state index < -0.39 is 0 Å². The fraction of sp³-hybridized carbons (Fsp3) is 0.500. The Morgan fingerprint density at radius 1 is 1.35 bits per heavy atom. The summed E-state index contributed by atoms with van der Waals surface area (Å²) in [5.74, 6) is 0.328. The minimum atomic E-state index is -0.299. The molecule has 2 N–H and O–H groups in total. The second-order valence-electron chi connectivity index (χ2n) is 4.18. The highest BCUT2D eigenvalue weighted by Gasteiger charge is 2.08. The van der Waals surface area contributed by atoms with Crippen LogP contribution in [0.4, 0.5) is 0 Å². The predicted octanol–water partition coefficient (Wildman–Crippen LogP) is 1.17. The topological polar surface area (TPSA) is 71.3 Å². The zero-order valence-corrected chi connectivity index (χ0v) is 10.2. The van der Waals surface area contributed by atoms with Crippen molar-refractivity contribution in [2.24, 2.45) is 5.92 Å². The third-order valence-corrected chi connectivity index (χ3v) is 2.09. The average Bonchev–Trinajstić information content (AvgIpc) is 2.79. The zero-order chi connectivity index (χ0) is 12.7. The van der Waals surface area contributed by atoms with Crippen LogP contribution in [0.25, 0.3) is 0 Å². The third-order valence-electron chi connectivity index (χ3n) is 2.09. The Morgan fingerprint density at radius 2 is 2.12 bits per heavy atom. The van der Waals surface area contributed by atoms with Crippen molar-refractivity contribution in [3.8, 4) is 0 Å². The van der Waals surface area contributed by atoms with Crippen LogP contribution < -0.4 is 10.6 Å². The van der Waals surface area contributed by atoms with Gasteiger partial charge in [-0.2, -0.15) is 0 Å². The van der Waals surface area contributed by atoms with Gasteiger partial charge in [-0.25, -0.2) is 0 Å². The lowest BCUT2D eigenvalue weighted by molar-refractivity contribution is -0.121. The maximum absolute atomic E-state index is 11.4. The Bertz CT molecular complexity index is 358. The summed E-state index contributed by atoms with van der Waals surface area (Å²) in [7, 11) is 0. The lowest BCUT2D eigenvalue weighted by Gasteiger charge is -2.07. The van der Waals surface area contributed by atoms with E-state index in [2.05, 4.69) is 10.6 Å². The van der Waals surface area contributed by atoms with E-state index in [0.29, 0.717) is 19.0 Å². The predicted molar refractivity (Wildman–Crippen MR) is 63.5 cm³/mol. The standard InChI is InChI=1S/C12H18N2O3/c1-9(2)8-14-11(15)5-6-13-12(16)10-4-3-7-17-10/h3-4,7,9H,5-6,8H2,1-2H3,(H,13,16)(H,14,15). The molecule has 0 spiro atoms. The summed E-state index contributed by atoms with van der Waals surface area (Å²) >= 11 is 0. The lowest BCUT2D eigenvalue weighted by atomic mass is 10.2. The number of carbonyl (C=O) groups is 2. The van der Waals surface area contributed by atoms with Crippen LogP contribution in [-0.4, -0.2) is 24.9 Å². The molecule has 0 aromatic carbocycles. The molecular formula is C12H18N2O3. The molecule has 0 bridgehead atoms. The SMILES string of the molecule is CC(C)CNC(=O)CCNC(=O)c1ccco1. The molecule has 1 rings (SSSR count). The van der Waals surface area contributed by atoms with Crippen LogP contribution in [0.1, 0.15) is 30.8 Å². The van der Waals surface area contributed by atoms with E-state index in [0.717, 1.165) is 0 Å². The van der Waals surface area contributed by atoms with Crippen molar-refractivity contribution in [1.29, 1.82) is 0 Å². The third kappa shape index (κ3) is 5.19. The highest BCUT2D eigenvalue weighted by atomic mass is 16.3. The van der Waals surface area contributed by atoms with Crippen molar-refractivity contribution in [3.05, 3.63) is 24.2 Å². The van der Waals surface area contributed by atoms with Crippen molar-refractivity contribution < 1.29 is 14.0 Å². The van der Waals surface area contributed by atoms with E-state index in [1.807, 2.05) is 13.8 Å². The first-order valence-electron chi connectivity index (χ1n) is 5.68. The molecule has 0 aliphatic carbocycles. The van der Waals surface area contributed by atoms with E-state index in [1.54, 1.807) is 12.1 Å². The quantitative estimate of drug-likeness (QED) is 0.781. The molecule has 0 saturated heterocycles. The van der Waals surface area contributed by atoms with Crippen LogP contribution in [0.5, 0.6) is 0 Å². The first kappa shape index (κ1) is 13.3. The molecule has 0 radical (unpaired) electrons. The fourth-order valence-corrected chi connectivity index (χ4v) is 1.19. The molecule has 0 unspecified atom stereocenters. The molecule has 1 heterocycles. The highest BCUT2D eigenvalue weighted by molar-refractivity contribution is 5.91. The van der Waals surface area contributed by atoms with E-state index in [1.165, 1.54) is 6.26 Å². The second-order valence-corrected chi connectivity index (χ2v) is 4.18. The van der Waals surface area contributed by atoms with Crippen molar-refractivity contribution in [3.63, 3.8) is 0 Å². The summed E-state index contributed by atoms with van der Waals surface area (Å²) in [4.78, 5) is 22.7. The van der Waals surface area contributed by atoms with Gasteiger partial charge in [-0.3, -0.25) is 9.59 Å². The van der Waals surface area contributed by atoms with Gasteiger partial charge in [0, 0.05) is 19.5 Å². The summed E-state index contributed by atoms with van der Waals surface area (Å²) in [5.41, 5.74) is 0. The Balaban J connectivity index is 2.15. The molecule has 94 valence electrons. The summed E-state index contributed by atoms with van der Waals surface area (Å²) < 4.78 is 4.92. The van der Waals surface area contributed by atoms with E-state index in [9.17, 15) is 9.59 Å². The number of carbonyl (C=O) groups excluding carboxylic acids is 2. The van der Waals surface area contributed by atoms with Gasteiger partial charge in [0.2, 0.25) is 5.91 Å². The van der Waals surface area contributed by atoms with Crippen molar-refractivity contribution in [1.82, 2.24) is 10.6 Å². The number of rotatable bonds is 6. The van der Waals surface area contributed by atoms with Crippen LogP contribution >= 0.6 is 0 Å². The molecule has 5 nitrogen and oxygen atoms in total. The normalized spacial score (nSPS) is 10.3. The molecule has 0 atom stereocenters. The first-order chi connectivity index (χ1) is 8.09. The lowest BCUT2D eigenvalue weighted by Crippen LogP contribution is -2.32. The summed E-state index contributed by atoms with van der Waals surface area (Å²) in [6, 6.07) is 3.22. The van der Waals surface area contributed by atoms with E-state index >= 15 is 0 Å². The molecule has 0 aliphatic heterocycles. The number of nitrogens with one attached hydrogen (secondary N) is 2. The van der Waals surface area contributed by atoms with Gasteiger partial charge in [0.15, 0.2) is 5.76 Å². The Kier molecular flexibility index (Phi) is 5.26. The van der Waals surface area contributed by atoms with Gasteiger partial charge in [0.05, 0.1) is 6.26 Å². The molecule has 2 amide bonds. The van der Waals surface area contributed by atoms with Crippen LogP contribution in [0.3, 0.4) is 0 Å². The van der Waals surface area contributed by atoms with Crippen LogP contribution in [0.2, 0.25) is 0 Å². The smallest absolute Gasteiger partial charge is 0.286 e. The van der Waals surface area contributed by atoms with Crippen LogP contribution in [0, 0.1) is 5.92 Å². The van der Waals surface area contributed by atoms with Gasteiger partial charge in [-0.1, -0.05) is 13.8 Å². The molecule has 1 aromatic rings. The van der Waals surface area contributed by atoms with Gasteiger partial charge in [0.25, 0.3) is 5.91 Å². The fourth-order valence-electron chi connectivity index (χ4n) is 1.19. The Labute approximate surface area is 101 Å². The number of hydrogen-bond donors (Lipinski definition) is 2. The summed E-state index contributed by atoms with van der Waals surface area (Å²) in [5, 5.41) is 5.39. The van der Waals surface area contributed by atoms with Crippen molar-refractivity contribution >= 4 is 11.8 Å². The monoisotopic (exact) mass is 238 g/mol. The largest absolute Gasteiger partial charge is 0.459 e. The van der Waals surface area contributed by atoms with Gasteiger partial charge in [-0.05, 0) is 18.1 Å². The average molecular weight is 238 g/mol. The van der Waals surface area contributed by atoms with Crippen molar-refractivity contribution in [2.45, 2.75) is 20.3 Å².